The monoisotopic (exact) mass is 448 g/mol. The van der Waals surface area contributed by atoms with Crippen molar-refractivity contribution in [2.24, 2.45) is 4.99 Å². The lowest BCUT2D eigenvalue weighted by molar-refractivity contribution is -0.117. The number of ether oxygens (including phenoxy) is 2. The summed E-state index contributed by atoms with van der Waals surface area (Å²) in [6, 6.07) is 13.3. The molecule has 1 aliphatic heterocycles. The van der Waals surface area contributed by atoms with Crippen LogP contribution in [0.3, 0.4) is 0 Å². The van der Waals surface area contributed by atoms with E-state index in [1.165, 1.54) is 24.2 Å². The van der Waals surface area contributed by atoms with Gasteiger partial charge in [0.15, 0.2) is 11.5 Å². The largest absolute Gasteiger partial charge is 0.493 e. The van der Waals surface area contributed by atoms with Gasteiger partial charge in [0.05, 0.1) is 18.9 Å². The fourth-order valence-electron chi connectivity index (χ4n) is 4.30. The molecule has 0 saturated heterocycles. The number of benzene rings is 2. The highest BCUT2D eigenvalue weighted by Gasteiger charge is 2.30. The van der Waals surface area contributed by atoms with Crippen LogP contribution in [0.1, 0.15) is 42.4 Å². The first-order valence-corrected chi connectivity index (χ1v) is 11.7. The summed E-state index contributed by atoms with van der Waals surface area (Å²) < 4.78 is 12.0. The standard InChI is InChI=1S/C24H24N4O3S/c1-30-20-13-18-16(12-21(20)31-17-9-5-6-10-17)11-19(23(29)27-24-28-25-14-32-24)26-22(18)15-7-3-2-4-8-15/h2-4,7-8,12-14,17,19H,5-6,9-11H2,1H3,(H,27,28,29). The van der Waals surface area contributed by atoms with E-state index in [2.05, 4.69) is 15.5 Å². The Hall–Kier alpha value is -3.26. The Morgan fingerprint density at radius 2 is 1.94 bits per heavy atom. The molecule has 1 atom stereocenters. The number of hydrogen-bond donors (Lipinski definition) is 1. The van der Waals surface area contributed by atoms with Gasteiger partial charge < -0.3 is 9.47 Å². The molecule has 0 radical (unpaired) electrons. The van der Waals surface area contributed by atoms with Crippen LogP contribution in [0, 0.1) is 0 Å². The number of hydrogen-bond acceptors (Lipinski definition) is 7. The summed E-state index contributed by atoms with van der Waals surface area (Å²) in [4.78, 5) is 17.9. The normalized spacial score (nSPS) is 18.0. The SMILES string of the molecule is COc1cc2c(cc1OC1CCCC1)CC(C(=O)Nc1nncs1)N=C2c1ccccc1. The predicted molar refractivity (Wildman–Crippen MR) is 124 cm³/mol. The van der Waals surface area contributed by atoms with Gasteiger partial charge in [-0.1, -0.05) is 41.7 Å². The first-order chi connectivity index (χ1) is 15.7. The molecule has 3 aromatic rings. The van der Waals surface area contributed by atoms with Crippen molar-refractivity contribution in [2.45, 2.75) is 44.2 Å². The molecule has 1 amide bonds. The zero-order chi connectivity index (χ0) is 21.9. The van der Waals surface area contributed by atoms with Gasteiger partial charge in [-0.25, -0.2) is 0 Å². The molecule has 2 aromatic carbocycles. The van der Waals surface area contributed by atoms with Crippen LogP contribution in [0.15, 0.2) is 53.0 Å². The Morgan fingerprint density at radius 3 is 2.66 bits per heavy atom. The van der Waals surface area contributed by atoms with Gasteiger partial charge in [0.1, 0.15) is 11.6 Å². The molecule has 1 unspecified atom stereocenters. The fraction of sp³-hybridized carbons (Fsp3) is 0.333. The van der Waals surface area contributed by atoms with Gasteiger partial charge >= 0.3 is 0 Å². The minimum absolute atomic E-state index is 0.199. The van der Waals surface area contributed by atoms with Gasteiger partial charge in [0.25, 0.3) is 5.91 Å². The maximum Gasteiger partial charge on any atom is 0.251 e. The van der Waals surface area contributed by atoms with E-state index in [1.54, 1.807) is 12.6 Å². The number of carbonyl (C=O) groups excluding carboxylic acids is 1. The van der Waals surface area contributed by atoms with E-state index >= 15 is 0 Å². The molecule has 2 aliphatic rings. The van der Waals surface area contributed by atoms with Crippen molar-refractivity contribution in [2.75, 3.05) is 12.4 Å². The number of amides is 1. The predicted octanol–water partition coefficient (Wildman–Crippen LogP) is 4.27. The molecule has 2 heterocycles. The lowest BCUT2D eigenvalue weighted by Gasteiger charge is -2.25. The maximum absolute atomic E-state index is 13.0. The summed E-state index contributed by atoms with van der Waals surface area (Å²) in [7, 11) is 1.66. The van der Waals surface area contributed by atoms with Crippen LogP contribution in [-0.4, -0.2) is 41.1 Å². The molecule has 5 rings (SSSR count). The smallest absolute Gasteiger partial charge is 0.251 e. The number of anilines is 1. The van der Waals surface area contributed by atoms with E-state index < -0.39 is 6.04 Å². The molecule has 1 N–H and O–H groups in total. The summed E-state index contributed by atoms with van der Waals surface area (Å²) in [5.74, 6) is 1.22. The van der Waals surface area contributed by atoms with Gasteiger partial charge in [-0.2, -0.15) is 0 Å². The Labute approximate surface area is 190 Å². The van der Waals surface area contributed by atoms with Crippen LogP contribution < -0.4 is 14.8 Å². The second-order valence-corrected chi connectivity index (χ2v) is 8.81. The number of carbonyl (C=O) groups is 1. The minimum atomic E-state index is -0.575. The zero-order valence-electron chi connectivity index (χ0n) is 17.8. The van der Waals surface area contributed by atoms with Gasteiger partial charge in [-0.15, -0.1) is 10.2 Å². The number of nitrogens with one attached hydrogen (secondary N) is 1. The fourth-order valence-corrected chi connectivity index (χ4v) is 4.75. The van der Waals surface area contributed by atoms with Crippen LogP contribution >= 0.6 is 11.3 Å². The summed E-state index contributed by atoms with van der Waals surface area (Å²) >= 11 is 1.28. The lowest BCUT2D eigenvalue weighted by atomic mass is 9.89. The number of aromatic nitrogens is 2. The second-order valence-electron chi connectivity index (χ2n) is 7.98. The Balaban J connectivity index is 1.53. The number of fused-ring (bicyclic) bond motifs is 1. The van der Waals surface area contributed by atoms with Crippen molar-refractivity contribution < 1.29 is 14.3 Å². The van der Waals surface area contributed by atoms with E-state index in [1.807, 2.05) is 42.5 Å². The molecule has 7 nitrogen and oxygen atoms in total. The van der Waals surface area contributed by atoms with Gasteiger partial charge in [0.2, 0.25) is 5.13 Å². The first-order valence-electron chi connectivity index (χ1n) is 10.8. The third-order valence-corrected chi connectivity index (χ3v) is 6.49. The quantitative estimate of drug-likeness (QED) is 0.609. The average Bonchev–Trinajstić information content (AvgIpc) is 3.53. The third-order valence-electron chi connectivity index (χ3n) is 5.88. The highest BCUT2D eigenvalue weighted by atomic mass is 32.1. The minimum Gasteiger partial charge on any atom is -0.493 e. The third kappa shape index (κ3) is 4.23. The van der Waals surface area contributed by atoms with Crippen molar-refractivity contribution in [3.8, 4) is 11.5 Å². The Kier molecular flexibility index (Phi) is 5.85. The number of aliphatic imine (C=N–C) groups is 1. The molecule has 1 saturated carbocycles. The van der Waals surface area contributed by atoms with Gasteiger partial charge in [-0.05, 0) is 43.4 Å². The molecule has 0 bridgehead atoms. The molecule has 1 fully saturated rings. The number of methoxy groups -OCH3 is 1. The molecule has 1 aromatic heterocycles. The summed E-state index contributed by atoms with van der Waals surface area (Å²) in [6.45, 7) is 0. The van der Waals surface area contributed by atoms with Crippen molar-refractivity contribution in [3.05, 3.63) is 64.7 Å². The zero-order valence-corrected chi connectivity index (χ0v) is 18.6. The first kappa shape index (κ1) is 20.6. The molecule has 32 heavy (non-hydrogen) atoms. The molecule has 0 spiro atoms. The van der Waals surface area contributed by atoms with Crippen LogP contribution in [-0.2, 0) is 11.2 Å². The van der Waals surface area contributed by atoms with Gasteiger partial charge in [0, 0.05) is 17.5 Å². The highest BCUT2D eigenvalue weighted by molar-refractivity contribution is 7.13. The lowest BCUT2D eigenvalue weighted by Crippen LogP contribution is -2.33. The van der Waals surface area contributed by atoms with E-state index in [9.17, 15) is 4.79 Å². The summed E-state index contributed by atoms with van der Waals surface area (Å²) in [6.07, 6.45) is 5.19. The molecular weight excluding hydrogens is 424 g/mol. The highest BCUT2D eigenvalue weighted by Crippen LogP contribution is 2.37. The van der Waals surface area contributed by atoms with Crippen LogP contribution in [0.25, 0.3) is 0 Å². The molecule has 164 valence electrons. The second kappa shape index (κ2) is 9.08. The van der Waals surface area contributed by atoms with Crippen molar-refractivity contribution >= 4 is 28.1 Å². The molecule has 1 aliphatic carbocycles. The van der Waals surface area contributed by atoms with E-state index in [4.69, 9.17) is 14.5 Å². The summed E-state index contributed by atoms with van der Waals surface area (Å²) in [5.41, 5.74) is 5.30. The van der Waals surface area contributed by atoms with Crippen molar-refractivity contribution in [1.29, 1.82) is 0 Å². The Bertz CT molecular complexity index is 1130. The van der Waals surface area contributed by atoms with Crippen LogP contribution in [0.2, 0.25) is 0 Å². The molecular formula is C24H24N4O3S. The van der Waals surface area contributed by atoms with Crippen LogP contribution in [0.4, 0.5) is 5.13 Å². The molecule has 8 heteroatoms. The number of rotatable bonds is 6. The van der Waals surface area contributed by atoms with Gasteiger partial charge in [-0.3, -0.25) is 15.1 Å². The van der Waals surface area contributed by atoms with Crippen molar-refractivity contribution in [1.82, 2.24) is 10.2 Å². The van der Waals surface area contributed by atoms with Crippen LogP contribution in [0.5, 0.6) is 11.5 Å². The van der Waals surface area contributed by atoms with E-state index in [-0.39, 0.29) is 12.0 Å². The summed E-state index contributed by atoms with van der Waals surface area (Å²) in [5, 5.41) is 11.0. The average molecular weight is 449 g/mol. The number of nitrogens with zero attached hydrogens (tertiary/aromatic N) is 3. The van der Waals surface area contributed by atoms with Crippen molar-refractivity contribution in [3.63, 3.8) is 0 Å². The Morgan fingerprint density at radius 1 is 1.12 bits per heavy atom. The topological polar surface area (TPSA) is 85.7 Å². The van der Waals surface area contributed by atoms with E-state index in [0.29, 0.717) is 17.3 Å². The maximum atomic E-state index is 13.0. The van der Waals surface area contributed by atoms with E-state index in [0.717, 1.165) is 41.0 Å².